The van der Waals surface area contributed by atoms with E-state index in [0.717, 1.165) is 19.8 Å². The predicted molar refractivity (Wildman–Crippen MR) is 71.3 cm³/mol. The molecule has 3 heteroatoms. The van der Waals surface area contributed by atoms with Crippen molar-refractivity contribution in [2.24, 2.45) is 5.41 Å². The van der Waals surface area contributed by atoms with Crippen LogP contribution in [0.15, 0.2) is 0 Å². The lowest BCUT2D eigenvalue weighted by Gasteiger charge is -2.40. The molecule has 1 N–H and O–H groups in total. The van der Waals surface area contributed by atoms with Gasteiger partial charge in [-0.1, -0.05) is 13.8 Å². The summed E-state index contributed by atoms with van der Waals surface area (Å²) in [6.07, 6.45) is 5.24. The van der Waals surface area contributed by atoms with Gasteiger partial charge < -0.3 is 15.0 Å². The molecule has 0 spiro atoms. The fourth-order valence-electron chi connectivity index (χ4n) is 3.03. The molecule has 0 bridgehead atoms. The molecule has 0 amide bonds. The molecule has 0 aromatic heterocycles. The van der Waals surface area contributed by atoms with Crippen molar-refractivity contribution in [2.45, 2.75) is 45.6 Å². The summed E-state index contributed by atoms with van der Waals surface area (Å²) in [7, 11) is 0. The third-order valence-electron chi connectivity index (χ3n) is 4.20. The van der Waals surface area contributed by atoms with Crippen molar-refractivity contribution in [3.63, 3.8) is 0 Å². The number of nitrogens with zero attached hydrogens (tertiary/aromatic N) is 1. The summed E-state index contributed by atoms with van der Waals surface area (Å²) in [6, 6.07) is 0.591. The first-order chi connectivity index (χ1) is 8.20. The van der Waals surface area contributed by atoms with Gasteiger partial charge in [-0.25, -0.2) is 0 Å². The van der Waals surface area contributed by atoms with Crippen LogP contribution in [0.2, 0.25) is 0 Å². The first kappa shape index (κ1) is 13.3. The molecule has 100 valence electrons. The molecule has 0 unspecified atom stereocenters. The Morgan fingerprint density at radius 1 is 1.18 bits per heavy atom. The second kappa shape index (κ2) is 6.17. The molecule has 2 rings (SSSR count). The Morgan fingerprint density at radius 2 is 1.82 bits per heavy atom. The van der Waals surface area contributed by atoms with Gasteiger partial charge in [0.15, 0.2) is 0 Å². The number of hydrogen-bond acceptors (Lipinski definition) is 3. The maximum absolute atomic E-state index is 5.55. The fourth-order valence-corrected chi connectivity index (χ4v) is 3.03. The zero-order valence-electron chi connectivity index (χ0n) is 11.5. The zero-order valence-corrected chi connectivity index (χ0v) is 11.5. The van der Waals surface area contributed by atoms with E-state index in [2.05, 4.69) is 24.1 Å². The van der Waals surface area contributed by atoms with Crippen molar-refractivity contribution < 1.29 is 4.74 Å². The van der Waals surface area contributed by atoms with E-state index in [9.17, 15) is 0 Å². The largest absolute Gasteiger partial charge is 0.381 e. The van der Waals surface area contributed by atoms with Gasteiger partial charge in [0.1, 0.15) is 0 Å². The van der Waals surface area contributed by atoms with Gasteiger partial charge in [-0.2, -0.15) is 0 Å². The van der Waals surface area contributed by atoms with Gasteiger partial charge in [0.2, 0.25) is 0 Å². The molecule has 17 heavy (non-hydrogen) atoms. The summed E-state index contributed by atoms with van der Waals surface area (Å²) in [6.45, 7) is 11.4. The Bertz CT molecular complexity index is 218. The van der Waals surface area contributed by atoms with Gasteiger partial charge in [0.25, 0.3) is 0 Å². The van der Waals surface area contributed by atoms with Crippen molar-refractivity contribution in [2.75, 3.05) is 39.4 Å². The number of likely N-dealkylation sites (tertiary alicyclic amines) is 1. The van der Waals surface area contributed by atoms with Gasteiger partial charge >= 0.3 is 0 Å². The van der Waals surface area contributed by atoms with Gasteiger partial charge in [-0.15, -0.1) is 0 Å². The first-order valence-corrected chi connectivity index (χ1v) is 7.24. The minimum atomic E-state index is 0.465. The van der Waals surface area contributed by atoms with E-state index in [0.29, 0.717) is 11.5 Å². The standard InChI is InChI=1S/C14H28N2O/c1-13(2)15-11-14(5-9-17-10-6-14)12-16-7-3-4-8-16/h13,15H,3-12H2,1-2H3. The van der Waals surface area contributed by atoms with E-state index in [1.54, 1.807) is 0 Å². The van der Waals surface area contributed by atoms with Crippen molar-refractivity contribution >= 4 is 0 Å². The lowest BCUT2D eigenvalue weighted by molar-refractivity contribution is -0.00179. The lowest BCUT2D eigenvalue weighted by Crippen LogP contribution is -2.48. The van der Waals surface area contributed by atoms with Crippen LogP contribution in [0, 0.1) is 5.41 Å². The van der Waals surface area contributed by atoms with Crippen LogP contribution >= 0.6 is 0 Å². The van der Waals surface area contributed by atoms with Gasteiger partial charge in [-0.05, 0) is 44.2 Å². The summed E-state index contributed by atoms with van der Waals surface area (Å²) >= 11 is 0. The zero-order chi connectivity index (χ0) is 12.1. The summed E-state index contributed by atoms with van der Waals surface area (Å²) in [4.78, 5) is 2.66. The first-order valence-electron chi connectivity index (χ1n) is 7.24. The maximum Gasteiger partial charge on any atom is 0.0472 e. The maximum atomic E-state index is 5.55. The van der Waals surface area contributed by atoms with E-state index in [4.69, 9.17) is 4.74 Å². The van der Waals surface area contributed by atoms with Crippen molar-refractivity contribution in [1.82, 2.24) is 10.2 Å². The normalized spacial score (nSPS) is 25.6. The smallest absolute Gasteiger partial charge is 0.0472 e. The highest BCUT2D eigenvalue weighted by Gasteiger charge is 2.34. The molecule has 2 heterocycles. The molecule has 2 fully saturated rings. The predicted octanol–water partition coefficient (Wildman–Crippen LogP) is 1.88. The number of hydrogen-bond donors (Lipinski definition) is 1. The van der Waals surface area contributed by atoms with E-state index >= 15 is 0 Å². The average molecular weight is 240 g/mol. The van der Waals surface area contributed by atoms with E-state index in [1.165, 1.54) is 45.3 Å². The molecule has 2 saturated heterocycles. The second-order valence-electron chi connectivity index (χ2n) is 6.13. The molecule has 0 atom stereocenters. The molecule has 2 aliphatic rings. The Labute approximate surface area is 106 Å². The van der Waals surface area contributed by atoms with Crippen LogP contribution in [-0.2, 0) is 4.74 Å². The summed E-state index contributed by atoms with van der Waals surface area (Å²) < 4.78 is 5.55. The summed E-state index contributed by atoms with van der Waals surface area (Å²) in [5.41, 5.74) is 0.465. The van der Waals surface area contributed by atoms with Crippen LogP contribution in [0.25, 0.3) is 0 Å². The second-order valence-corrected chi connectivity index (χ2v) is 6.13. The minimum Gasteiger partial charge on any atom is -0.381 e. The lowest BCUT2D eigenvalue weighted by atomic mass is 9.79. The summed E-state index contributed by atoms with van der Waals surface area (Å²) in [5, 5.41) is 3.65. The average Bonchev–Trinajstić information content (AvgIpc) is 2.80. The molecule has 3 nitrogen and oxygen atoms in total. The van der Waals surface area contributed by atoms with Gasteiger partial charge in [0.05, 0.1) is 0 Å². The number of rotatable bonds is 5. The summed E-state index contributed by atoms with van der Waals surface area (Å²) in [5.74, 6) is 0. The quantitative estimate of drug-likeness (QED) is 0.794. The van der Waals surface area contributed by atoms with Gasteiger partial charge in [-0.3, -0.25) is 0 Å². The molecular formula is C14H28N2O. The van der Waals surface area contributed by atoms with Crippen LogP contribution in [0.3, 0.4) is 0 Å². The van der Waals surface area contributed by atoms with Crippen molar-refractivity contribution in [3.8, 4) is 0 Å². The Morgan fingerprint density at radius 3 is 2.41 bits per heavy atom. The van der Waals surface area contributed by atoms with Crippen molar-refractivity contribution in [1.29, 1.82) is 0 Å². The highest BCUT2D eigenvalue weighted by Crippen LogP contribution is 2.32. The van der Waals surface area contributed by atoms with E-state index < -0.39 is 0 Å². The third-order valence-corrected chi connectivity index (χ3v) is 4.20. The minimum absolute atomic E-state index is 0.465. The number of nitrogens with one attached hydrogen (secondary N) is 1. The molecule has 2 aliphatic heterocycles. The molecule has 0 saturated carbocycles. The highest BCUT2D eigenvalue weighted by molar-refractivity contribution is 4.88. The van der Waals surface area contributed by atoms with Crippen LogP contribution < -0.4 is 5.32 Å². The SMILES string of the molecule is CC(C)NCC1(CN2CCCC2)CCOCC1. The van der Waals surface area contributed by atoms with Crippen LogP contribution in [-0.4, -0.2) is 50.3 Å². The van der Waals surface area contributed by atoms with Crippen LogP contribution in [0.5, 0.6) is 0 Å². The number of ether oxygens (including phenoxy) is 1. The van der Waals surface area contributed by atoms with Crippen molar-refractivity contribution in [3.05, 3.63) is 0 Å². The van der Waals surface area contributed by atoms with Gasteiger partial charge in [0, 0.05) is 32.3 Å². The monoisotopic (exact) mass is 240 g/mol. The van der Waals surface area contributed by atoms with Crippen LogP contribution in [0.4, 0.5) is 0 Å². The topological polar surface area (TPSA) is 24.5 Å². The Hall–Kier alpha value is -0.120. The molecular weight excluding hydrogens is 212 g/mol. The van der Waals surface area contributed by atoms with E-state index in [-0.39, 0.29) is 0 Å². The molecule has 0 aromatic rings. The Balaban J connectivity index is 1.90. The van der Waals surface area contributed by atoms with E-state index in [1.807, 2.05) is 0 Å². The molecule has 0 aliphatic carbocycles. The van der Waals surface area contributed by atoms with Crippen LogP contribution in [0.1, 0.15) is 39.5 Å². The highest BCUT2D eigenvalue weighted by atomic mass is 16.5. The Kier molecular flexibility index (Phi) is 4.83. The molecule has 0 radical (unpaired) electrons. The fraction of sp³-hybridized carbons (Fsp3) is 1.00. The molecule has 0 aromatic carbocycles. The third kappa shape index (κ3) is 3.94.